The number of nitrogens with zero attached hydrogens (tertiary/aromatic N) is 4. The van der Waals surface area contributed by atoms with Crippen LogP contribution in [0.4, 0.5) is 11.6 Å². The molecule has 0 aliphatic carbocycles. The van der Waals surface area contributed by atoms with Gasteiger partial charge in [-0.25, -0.2) is 0 Å². The van der Waals surface area contributed by atoms with Gasteiger partial charge in [-0.15, -0.1) is 15.3 Å². The van der Waals surface area contributed by atoms with Crippen LogP contribution in [0, 0.1) is 0 Å². The molecule has 0 saturated carbocycles. The molecule has 0 radical (unpaired) electrons. The molecular formula is C21H19N5O4. The van der Waals surface area contributed by atoms with Gasteiger partial charge < -0.3 is 13.9 Å². The molecular weight excluding hydrogens is 386 g/mol. The Balaban J connectivity index is 1.72. The molecule has 0 spiro atoms. The summed E-state index contributed by atoms with van der Waals surface area (Å²) in [4.78, 5) is 17.2. The predicted molar refractivity (Wildman–Crippen MR) is 111 cm³/mol. The smallest absolute Gasteiger partial charge is 0.317 e. The zero-order valence-electron chi connectivity index (χ0n) is 16.5. The van der Waals surface area contributed by atoms with Crippen molar-refractivity contribution in [1.82, 2.24) is 15.2 Å². The summed E-state index contributed by atoms with van der Waals surface area (Å²) in [6.45, 7) is 4.45. The highest BCUT2D eigenvalue weighted by Crippen LogP contribution is 2.31. The highest BCUT2D eigenvalue weighted by molar-refractivity contribution is 5.81. The van der Waals surface area contributed by atoms with Crippen molar-refractivity contribution in [1.29, 1.82) is 0 Å². The van der Waals surface area contributed by atoms with Crippen LogP contribution in [0.15, 0.2) is 68.0 Å². The number of azo groups is 1. The quantitative estimate of drug-likeness (QED) is 0.442. The van der Waals surface area contributed by atoms with Crippen molar-refractivity contribution in [3.05, 3.63) is 58.8 Å². The summed E-state index contributed by atoms with van der Waals surface area (Å²) in [6.07, 6.45) is 0. The third-order valence-electron chi connectivity index (χ3n) is 4.16. The summed E-state index contributed by atoms with van der Waals surface area (Å²) in [5.74, 6) is 1.21. The zero-order chi connectivity index (χ0) is 20.9. The molecule has 0 unspecified atom stereocenters. The van der Waals surface area contributed by atoms with Crippen molar-refractivity contribution in [2.75, 3.05) is 13.2 Å². The molecule has 0 saturated heterocycles. The Morgan fingerprint density at radius 2 is 1.83 bits per heavy atom. The van der Waals surface area contributed by atoms with Gasteiger partial charge in [0.25, 0.3) is 5.95 Å². The standard InChI is InChI=1S/C21H19N5O4/c1-3-28-14-10-11-15-16(12-14)30-20(29-4-2)17(18(15)27)23-25-21-22-19(24-26-21)13-8-6-5-7-9-13/h5-12H,3-4H2,1-2H3,(H,22,24,26). The molecule has 30 heavy (non-hydrogen) atoms. The summed E-state index contributed by atoms with van der Waals surface area (Å²) >= 11 is 0. The van der Waals surface area contributed by atoms with Gasteiger partial charge in [-0.3, -0.25) is 9.89 Å². The number of benzene rings is 2. The molecule has 9 heteroatoms. The summed E-state index contributed by atoms with van der Waals surface area (Å²) in [6, 6.07) is 14.4. The lowest BCUT2D eigenvalue weighted by Gasteiger charge is -2.08. The first-order chi connectivity index (χ1) is 14.7. The monoisotopic (exact) mass is 405 g/mol. The van der Waals surface area contributed by atoms with E-state index in [4.69, 9.17) is 13.9 Å². The van der Waals surface area contributed by atoms with E-state index in [0.717, 1.165) is 5.56 Å². The van der Waals surface area contributed by atoms with Crippen LogP contribution < -0.4 is 14.9 Å². The van der Waals surface area contributed by atoms with Crippen LogP contribution in [-0.2, 0) is 0 Å². The van der Waals surface area contributed by atoms with Gasteiger partial charge in [0, 0.05) is 11.6 Å². The fourth-order valence-corrected chi connectivity index (χ4v) is 2.83. The van der Waals surface area contributed by atoms with Gasteiger partial charge in [0.15, 0.2) is 5.82 Å². The fraction of sp³-hybridized carbons (Fsp3) is 0.190. The average Bonchev–Trinajstić information content (AvgIpc) is 3.23. The second-order valence-electron chi connectivity index (χ2n) is 6.14. The van der Waals surface area contributed by atoms with Crippen LogP contribution in [0.3, 0.4) is 0 Å². The van der Waals surface area contributed by atoms with Crippen molar-refractivity contribution < 1.29 is 13.9 Å². The van der Waals surface area contributed by atoms with Gasteiger partial charge in [-0.2, -0.15) is 4.98 Å². The van der Waals surface area contributed by atoms with Gasteiger partial charge in [0.2, 0.25) is 11.1 Å². The first-order valence-corrected chi connectivity index (χ1v) is 9.45. The predicted octanol–water partition coefficient (Wildman–Crippen LogP) is 4.79. The van der Waals surface area contributed by atoms with Crippen LogP contribution >= 0.6 is 0 Å². The summed E-state index contributed by atoms with van der Waals surface area (Å²) in [5.41, 5.74) is 0.777. The maximum atomic E-state index is 13.0. The van der Waals surface area contributed by atoms with Crippen LogP contribution in [0.5, 0.6) is 11.7 Å². The molecule has 0 bridgehead atoms. The number of hydrogen-bond donors (Lipinski definition) is 1. The van der Waals surface area contributed by atoms with Crippen LogP contribution in [0.2, 0.25) is 0 Å². The number of ether oxygens (including phenoxy) is 2. The minimum absolute atomic E-state index is 0.0220. The molecule has 1 N–H and O–H groups in total. The second kappa shape index (κ2) is 8.56. The third-order valence-corrected chi connectivity index (χ3v) is 4.16. The molecule has 0 amide bonds. The number of fused-ring (bicyclic) bond motifs is 1. The number of aromatic nitrogens is 3. The van der Waals surface area contributed by atoms with Gasteiger partial charge in [-0.1, -0.05) is 30.3 Å². The largest absolute Gasteiger partial charge is 0.494 e. The minimum atomic E-state index is -0.370. The Kier molecular flexibility index (Phi) is 5.51. The maximum Gasteiger partial charge on any atom is 0.317 e. The SMILES string of the molecule is CCOc1ccc2c(=O)c(N=Nc3n[nH]c(-c4ccccc4)n3)c(OCC)oc2c1. The molecule has 2 aromatic heterocycles. The zero-order valence-corrected chi connectivity index (χ0v) is 16.5. The van der Waals surface area contributed by atoms with E-state index in [0.29, 0.717) is 35.8 Å². The van der Waals surface area contributed by atoms with E-state index in [9.17, 15) is 4.79 Å². The minimum Gasteiger partial charge on any atom is -0.494 e. The normalized spacial score (nSPS) is 11.3. The van der Waals surface area contributed by atoms with E-state index in [2.05, 4.69) is 25.4 Å². The molecule has 0 aliphatic heterocycles. The van der Waals surface area contributed by atoms with E-state index in [-0.39, 0.29) is 23.0 Å². The highest BCUT2D eigenvalue weighted by Gasteiger charge is 2.17. The first kappa shape index (κ1) is 19.3. The summed E-state index contributed by atoms with van der Waals surface area (Å²) in [5, 5.41) is 15.2. The van der Waals surface area contributed by atoms with Crippen molar-refractivity contribution in [3.8, 4) is 23.1 Å². The third kappa shape index (κ3) is 3.90. The first-order valence-electron chi connectivity index (χ1n) is 9.45. The highest BCUT2D eigenvalue weighted by atomic mass is 16.6. The number of aromatic amines is 1. The second-order valence-corrected chi connectivity index (χ2v) is 6.14. The lowest BCUT2D eigenvalue weighted by molar-refractivity contribution is 0.262. The summed E-state index contributed by atoms with van der Waals surface area (Å²) < 4.78 is 16.7. The van der Waals surface area contributed by atoms with Crippen molar-refractivity contribution >= 4 is 22.6 Å². The van der Waals surface area contributed by atoms with Crippen molar-refractivity contribution in [2.24, 2.45) is 10.2 Å². The van der Waals surface area contributed by atoms with E-state index in [1.807, 2.05) is 37.3 Å². The number of nitrogens with one attached hydrogen (secondary N) is 1. The van der Waals surface area contributed by atoms with Crippen molar-refractivity contribution in [3.63, 3.8) is 0 Å². The number of H-pyrrole nitrogens is 1. The lowest BCUT2D eigenvalue weighted by atomic mass is 10.2. The van der Waals surface area contributed by atoms with E-state index in [1.54, 1.807) is 25.1 Å². The van der Waals surface area contributed by atoms with Crippen LogP contribution in [0.1, 0.15) is 13.8 Å². The van der Waals surface area contributed by atoms with Crippen molar-refractivity contribution in [2.45, 2.75) is 13.8 Å². The molecule has 0 fully saturated rings. The summed E-state index contributed by atoms with van der Waals surface area (Å²) in [7, 11) is 0. The Morgan fingerprint density at radius 1 is 1.03 bits per heavy atom. The Bertz CT molecular complexity index is 1250. The van der Waals surface area contributed by atoms with E-state index >= 15 is 0 Å². The van der Waals surface area contributed by atoms with Gasteiger partial charge in [-0.05, 0) is 26.0 Å². The van der Waals surface area contributed by atoms with Gasteiger partial charge in [0.05, 0.1) is 18.6 Å². The Morgan fingerprint density at radius 3 is 2.60 bits per heavy atom. The molecule has 0 atom stereocenters. The number of rotatable bonds is 7. The topological polar surface area (TPSA) is 115 Å². The molecule has 4 rings (SSSR count). The number of hydrogen-bond acceptors (Lipinski definition) is 8. The molecule has 4 aromatic rings. The molecule has 152 valence electrons. The average molecular weight is 405 g/mol. The van der Waals surface area contributed by atoms with Gasteiger partial charge in [0.1, 0.15) is 11.3 Å². The Labute approximate surface area is 171 Å². The van der Waals surface area contributed by atoms with E-state index in [1.165, 1.54) is 0 Å². The molecule has 2 heterocycles. The fourth-order valence-electron chi connectivity index (χ4n) is 2.83. The Hall–Kier alpha value is -4.01. The molecule has 9 nitrogen and oxygen atoms in total. The maximum absolute atomic E-state index is 13.0. The molecule has 2 aromatic carbocycles. The van der Waals surface area contributed by atoms with Gasteiger partial charge >= 0.3 is 5.95 Å². The lowest BCUT2D eigenvalue weighted by Crippen LogP contribution is -2.05. The van der Waals surface area contributed by atoms with Crippen LogP contribution in [-0.4, -0.2) is 28.4 Å². The molecule has 0 aliphatic rings. The van der Waals surface area contributed by atoms with E-state index < -0.39 is 0 Å². The van der Waals surface area contributed by atoms with Crippen LogP contribution in [0.25, 0.3) is 22.4 Å².